The average Bonchev–Trinajstić information content (AvgIpc) is 2.80. The van der Waals surface area contributed by atoms with E-state index in [1.165, 1.54) is 7.11 Å². The second-order valence-electron chi connectivity index (χ2n) is 7.09. The number of methoxy groups -OCH3 is 1. The maximum atomic E-state index is 13.1. The molecule has 3 aromatic carbocycles. The first kappa shape index (κ1) is 21.8. The molecule has 0 bridgehead atoms. The Morgan fingerprint density at radius 3 is 2.16 bits per heavy atom. The van der Waals surface area contributed by atoms with Gasteiger partial charge in [-0.2, -0.15) is 0 Å². The zero-order valence-corrected chi connectivity index (χ0v) is 17.4. The Bertz CT molecular complexity index is 1070. The van der Waals surface area contributed by atoms with Gasteiger partial charge in [0, 0.05) is 17.7 Å². The molecule has 0 aliphatic heterocycles. The highest BCUT2D eigenvalue weighted by Gasteiger charge is 2.23. The Balaban J connectivity index is 1.83. The predicted octanol–water partition coefficient (Wildman–Crippen LogP) is 3.76. The van der Waals surface area contributed by atoms with Gasteiger partial charge in [0.25, 0.3) is 5.91 Å². The van der Waals surface area contributed by atoms with Gasteiger partial charge in [0.15, 0.2) is 0 Å². The monoisotopic (exact) mass is 416 g/mol. The van der Waals surface area contributed by atoms with Crippen LogP contribution >= 0.6 is 0 Å². The molecular weight excluding hydrogens is 392 g/mol. The van der Waals surface area contributed by atoms with E-state index in [0.717, 1.165) is 11.1 Å². The Morgan fingerprint density at radius 1 is 0.871 bits per heavy atom. The second kappa shape index (κ2) is 10.2. The van der Waals surface area contributed by atoms with E-state index in [1.54, 1.807) is 42.5 Å². The van der Waals surface area contributed by atoms with Crippen molar-refractivity contribution >= 4 is 23.5 Å². The van der Waals surface area contributed by atoms with Gasteiger partial charge in [-0.15, -0.1) is 0 Å². The van der Waals surface area contributed by atoms with E-state index in [0.29, 0.717) is 23.2 Å². The minimum Gasteiger partial charge on any atom is -0.465 e. The first-order valence-corrected chi connectivity index (χ1v) is 9.87. The van der Waals surface area contributed by atoms with Crippen LogP contribution in [0.2, 0.25) is 0 Å². The van der Waals surface area contributed by atoms with Gasteiger partial charge in [0.2, 0.25) is 5.91 Å². The normalized spacial score (nSPS) is 11.3. The van der Waals surface area contributed by atoms with Crippen LogP contribution in [0.5, 0.6) is 0 Å². The third-order valence-electron chi connectivity index (χ3n) is 4.86. The van der Waals surface area contributed by atoms with Crippen molar-refractivity contribution in [3.8, 4) is 0 Å². The lowest BCUT2D eigenvalue weighted by Gasteiger charge is -2.20. The van der Waals surface area contributed by atoms with Crippen molar-refractivity contribution in [3.63, 3.8) is 0 Å². The van der Waals surface area contributed by atoms with Gasteiger partial charge in [0.1, 0.15) is 6.04 Å². The lowest BCUT2D eigenvalue weighted by Crippen LogP contribution is -2.45. The summed E-state index contributed by atoms with van der Waals surface area (Å²) in [6.07, 6.45) is 0.320. The Morgan fingerprint density at radius 2 is 1.52 bits per heavy atom. The van der Waals surface area contributed by atoms with Gasteiger partial charge < -0.3 is 15.4 Å². The van der Waals surface area contributed by atoms with E-state index in [-0.39, 0.29) is 11.8 Å². The fraction of sp³-hybridized carbons (Fsp3) is 0.160. The standard InChI is InChI=1S/C25H24N2O4/c1-17-13-14-20(25(30)31-2)16-21(17)26-24(29)22(15-18-9-5-3-6-10-18)27-23(28)19-11-7-4-8-12-19/h3-14,16,22H,15H2,1-2H3,(H,26,29)(H,27,28)/t22-/m1/s1. The molecule has 3 rings (SSSR count). The summed E-state index contributed by atoms with van der Waals surface area (Å²) >= 11 is 0. The van der Waals surface area contributed by atoms with Crippen molar-refractivity contribution in [1.29, 1.82) is 0 Å². The van der Waals surface area contributed by atoms with Crippen molar-refractivity contribution in [2.24, 2.45) is 0 Å². The summed E-state index contributed by atoms with van der Waals surface area (Å²) in [5.41, 5.74) is 2.98. The second-order valence-corrected chi connectivity index (χ2v) is 7.09. The number of esters is 1. The van der Waals surface area contributed by atoms with Crippen LogP contribution < -0.4 is 10.6 Å². The topological polar surface area (TPSA) is 84.5 Å². The van der Waals surface area contributed by atoms with Crippen LogP contribution in [0.1, 0.15) is 31.8 Å². The molecule has 3 aromatic rings. The van der Waals surface area contributed by atoms with E-state index >= 15 is 0 Å². The van der Waals surface area contributed by atoms with Crippen LogP contribution in [-0.4, -0.2) is 30.9 Å². The largest absolute Gasteiger partial charge is 0.465 e. The zero-order chi connectivity index (χ0) is 22.2. The van der Waals surface area contributed by atoms with Crippen LogP contribution in [-0.2, 0) is 16.0 Å². The molecule has 0 fully saturated rings. The number of hydrogen-bond donors (Lipinski definition) is 2. The van der Waals surface area contributed by atoms with E-state index in [9.17, 15) is 14.4 Å². The number of carbonyl (C=O) groups is 3. The zero-order valence-electron chi connectivity index (χ0n) is 17.4. The number of carbonyl (C=O) groups excluding carboxylic acids is 3. The lowest BCUT2D eigenvalue weighted by atomic mass is 10.0. The van der Waals surface area contributed by atoms with E-state index in [1.807, 2.05) is 43.3 Å². The Labute approximate surface area is 181 Å². The Hall–Kier alpha value is -3.93. The quantitative estimate of drug-likeness (QED) is 0.575. The number of amides is 2. The maximum absolute atomic E-state index is 13.1. The smallest absolute Gasteiger partial charge is 0.337 e. The van der Waals surface area contributed by atoms with E-state index < -0.39 is 12.0 Å². The minimum atomic E-state index is -0.809. The first-order valence-electron chi connectivity index (χ1n) is 9.87. The highest BCUT2D eigenvalue weighted by molar-refractivity contribution is 6.02. The average molecular weight is 416 g/mol. The fourth-order valence-corrected chi connectivity index (χ4v) is 3.11. The lowest BCUT2D eigenvalue weighted by molar-refractivity contribution is -0.118. The number of rotatable bonds is 7. The first-order chi connectivity index (χ1) is 15.0. The Kier molecular flexibility index (Phi) is 7.17. The third kappa shape index (κ3) is 5.79. The van der Waals surface area contributed by atoms with E-state index in [2.05, 4.69) is 10.6 Å². The summed E-state index contributed by atoms with van der Waals surface area (Å²) in [7, 11) is 1.30. The SMILES string of the molecule is COC(=O)c1ccc(C)c(NC(=O)[C@@H](Cc2ccccc2)NC(=O)c2ccccc2)c1. The molecule has 0 saturated carbocycles. The third-order valence-corrected chi connectivity index (χ3v) is 4.86. The molecule has 2 N–H and O–H groups in total. The summed E-state index contributed by atoms with van der Waals surface area (Å²) in [5.74, 6) is -1.20. The number of ether oxygens (including phenoxy) is 1. The van der Waals surface area contributed by atoms with Crippen LogP contribution in [0.4, 0.5) is 5.69 Å². The van der Waals surface area contributed by atoms with Crippen molar-refractivity contribution in [3.05, 3.63) is 101 Å². The molecule has 31 heavy (non-hydrogen) atoms. The highest BCUT2D eigenvalue weighted by atomic mass is 16.5. The molecule has 0 aliphatic rings. The van der Waals surface area contributed by atoms with Gasteiger partial charge >= 0.3 is 5.97 Å². The fourth-order valence-electron chi connectivity index (χ4n) is 3.11. The molecule has 0 unspecified atom stereocenters. The number of nitrogens with one attached hydrogen (secondary N) is 2. The van der Waals surface area contributed by atoms with Crippen LogP contribution in [0, 0.1) is 6.92 Å². The summed E-state index contributed by atoms with van der Waals surface area (Å²) < 4.78 is 4.76. The van der Waals surface area contributed by atoms with Crippen LogP contribution in [0.15, 0.2) is 78.9 Å². The minimum absolute atomic E-state index is 0.320. The molecular formula is C25H24N2O4. The van der Waals surface area contributed by atoms with Crippen LogP contribution in [0.3, 0.4) is 0 Å². The molecule has 6 heteroatoms. The number of aryl methyl sites for hydroxylation is 1. The molecule has 0 radical (unpaired) electrons. The molecule has 0 aromatic heterocycles. The summed E-state index contributed by atoms with van der Waals surface area (Å²) in [4.78, 5) is 37.7. The van der Waals surface area contributed by atoms with Gasteiger partial charge in [-0.3, -0.25) is 9.59 Å². The van der Waals surface area contributed by atoms with Gasteiger partial charge in [-0.1, -0.05) is 54.6 Å². The number of anilines is 1. The highest BCUT2D eigenvalue weighted by Crippen LogP contribution is 2.18. The molecule has 158 valence electrons. The molecule has 0 heterocycles. The molecule has 6 nitrogen and oxygen atoms in total. The molecule has 0 saturated heterocycles. The van der Waals surface area contributed by atoms with Crippen LogP contribution in [0.25, 0.3) is 0 Å². The molecule has 2 amide bonds. The van der Waals surface area contributed by atoms with Gasteiger partial charge in [-0.05, 0) is 42.3 Å². The predicted molar refractivity (Wildman–Crippen MR) is 119 cm³/mol. The summed E-state index contributed by atoms with van der Waals surface area (Å²) in [6.45, 7) is 1.82. The van der Waals surface area contributed by atoms with Crippen molar-refractivity contribution in [1.82, 2.24) is 5.32 Å². The van der Waals surface area contributed by atoms with Crippen molar-refractivity contribution in [2.75, 3.05) is 12.4 Å². The van der Waals surface area contributed by atoms with Gasteiger partial charge in [0.05, 0.1) is 12.7 Å². The molecule has 0 aliphatic carbocycles. The van der Waals surface area contributed by atoms with Crippen molar-refractivity contribution < 1.29 is 19.1 Å². The maximum Gasteiger partial charge on any atom is 0.337 e. The number of hydrogen-bond acceptors (Lipinski definition) is 4. The molecule has 1 atom stereocenters. The molecule has 0 spiro atoms. The van der Waals surface area contributed by atoms with Crippen molar-refractivity contribution in [2.45, 2.75) is 19.4 Å². The summed E-state index contributed by atoms with van der Waals surface area (Å²) in [5, 5.41) is 5.67. The number of benzene rings is 3. The van der Waals surface area contributed by atoms with E-state index in [4.69, 9.17) is 4.74 Å². The summed E-state index contributed by atoms with van der Waals surface area (Å²) in [6, 6.07) is 22.3. The van der Waals surface area contributed by atoms with Gasteiger partial charge in [-0.25, -0.2) is 4.79 Å².